The van der Waals surface area contributed by atoms with Crippen LogP contribution in [0, 0.1) is 0 Å². The average Bonchev–Trinajstić information content (AvgIpc) is 2.84. The van der Waals surface area contributed by atoms with Gasteiger partial charge in [0, 0.05) is 31.2 Å². The maximum atomic E-state index is 13.2. The summed E-state index contributed by atoms with van der Waals surface area (Å²) >= 11 is 0. The van der Waals surface area contributed by atoms with Crippen molar-refractivity contribution in [3.05, 3.63) is 23.3 Å². The summed E-state index contributed by atoms with van der Waals surface area (Å²) in [5, 5.41) is 0. The summed E-state index contributed by atoms with van der Waals surface area (Å²) in [4.78, 5) is 0. The zero-order valence-electron chi connectivity index (χ0n) is 12.3. The standard InChI is InChI=1S/C14H25NO2P2/c1-4-5-8-15(18(16)9-6-13(2)11-18)19(17)10-7-14(3)12-19/h6-7H,4-5,8-12H2,1-3H3. The molecule has 0 amide bonds. The normalized spacial score (nSPS) is 34.7. The van der Waals surface area contributed by atoms with Gasteiger partial charge >= 0.3 is 0 Å². The SMILES string of the molecule is CCCCN(P1(=O)CC=C(C)C1)P1(=O)CC=C(C)C1. The lowest BCUT2D eigenvalue weighted by atomic mass is 10.3. The summed E-state index contributed by atoms with van der Waals surface area (Å²) in [7, 11) is -4.93. The molecule has 2 aliphatic heterocycles. The Balaban J connectivity index is 2.23. The van der Waals surface area contributed by atoms with Crippen LogP contribution < -0.4 is 0 Å². The third-order valence-corrected chi connectivity index (χ3v) is 11.5. The van der Waals surface area contributed by atoms with E-state index in [1.807, 2.05) is 18.3 Å². The maximum Gasteiger partial charge on any atom is 0.163 e. The van der Waals surface area contributed by atoms with E-state index in [9.17, 15) is 9.13 Å². The molecule has 2 atom stereocenters. The van der Waals surface area contributed by atoms with Gasteiger partial charge in [-0.05, 0) is 20.3 Å². The Hall–Kier alpha value is -0.100. The van der Waals surface area contributed by atoms with E-state index in [-0.39, 0.29) is 0 Å². The molecule has 0 bridgehead atoms. The van der Waals surface area contributed by atoms with E-state index >= 15 is 0 Å². The van der Waals surface area contributed by atoms with Crippen LogP contribution >= 0.6 is 14.6 Å². The first kappa shape index (κ1) is 15.3. The van der Waals surface area contributed by atoms with Gasteiger partial charge in [-0.15, -0.1) is 0 Å². The molecule has 5 heteroatoms. The van der Waals surface area contributed by atoms with E-state index in [2.05, 4.69) is 19.1 Å². The summed E-state index contributed by atoms with van der Waals surface area (Å²) in [5.74, 6) is 0. The van der Waals surface area contributed by atoms with Gasteiger partial charge < -0.3 is 9.13 Å². The van der Waals surface area contributed by atoms with Crippen molar-refractivity contribution >= 4 is 14.6 Å². The summed E-state index contributed by atoms with van der Waals surface area (Å²) in [5.41, 5.74) is 2.39. The molecule has 108 valence electrons. The molecule has 0 aromatic heterocycles. The Morgan fingerprint density at radius 1 is 1.05 bits per heavy atom. The lowest BCUT2D eigenvalue weighted by Crippen LogP contribution is -2.22. The lowest BCUT2D eigenvalue weighted by molar-refractivity contribution is 0.491. The lowest BCUT2D eigenvalue weighted by Gasteiger charge is -2.34. The Labute approximate surface area is 117 Å². The molecule has 0 saturated carbocycles. The van der Waals surface area contributed by atoms with Crippen molar-refractivity contribution < 1.29 is 9.13 Å². The molecule has 0 aromatic carbocycles. The molecule has 2 heterocycles. The molecule has 0 aliphatic carbocycles. The Morgan fingerprint density at radius 3 is 1.84 bits per heavy atom. The molecule has 2 aliphatic rings. The van der Waals surface area contributed by atoms with Gasteiger partial charge in [0.2, 0.25) is 0 Å². The third kappa shape index (κ3) is 3.15. The smallest absolute Gasteiger partial charge is 0.163 e. The van der Waals surface area contributed by atoms with Crippen LogP contribution in [0.15, 0.2) is 23.3 Å². The highest BCUT2D eigenvalue weighted by Crippen LogP contribution is 2.70. The van der Waals surface area contributed by atoms with Gasteiger partial charge in [0.25, 0.3) is 0 Å². The number of hydrogen-bond donors (Lipinski definition) is 0. The molecular formula is C14H25NO2P2. The second kappa shape index (κ2) is 5.72. The number of nitrogens with zero attached hydrogens (tertiary/aromatic N) is 1. The third-order valence-electron chi connectivity index (χ3n) is 4.00. The highest BCUT2D eigenvalue weighted by molar-refractivity contribution is 7.77. The quantitative estimate of drug-likeness (QED) is 0.551. The Bertz CT molecular complexity index is 466. The molecular weight excluding hydrogens is 276 g/mol. The van der Waals surface area contributed by atoms with Crippen LogP contribution in [-0.4, -0.2) is 35.6 Å². The fourth-order valence-electron chi connectivity index (χ4n) is 2.95. The number of allylic oxidation sites excluding steroid dienone is 4. The molecule has 0 fully saturated rings. The molecule has 19 heavy (non-hydrogen) atoms. The second-order valence-electron chi connectivity index (χ2n) is 5.92. The molecule has 0 spiro atoms. The predicted octanol–water partition coefficient (Wildman–Crippen LogP) is 4.56. The average molecular weight is 301 g/mol. The van der Waals surface area contributed by atoms with Crippen molar-refractivity contribution in [3.8, 4) is 0 Å². The topological polar surface area (TPSA) is 37.4 Å². The predicted molar refractivity (Wildman–Crippen MR) is 83.8 cm³/mol. The van der Waals surface area contributed by atoms with Crippen LogP contribution in [0.25, 0.3) is 0 Å². The summed E-state index contributed by atoms with van der Waals surface area (Å²) in [6, 6.07) is 0. The van der Waals surface area contributed by atoms with Crippen molar-refractivity contribution in [2.45, 2.75) is 33.6 Å². The zero-order valence-corrected chi connectivity index (χ0v) is 14.1. The fourth-order valence-corrected chi connectivity index (χ4v) is 11.1. The minimum absolute atomic E-state index is 0.617. The van der Waals surface area contributed by atoms with Crippen LogP contribution in [0.2, 0.25) is 0 Å². The first-order valence-electron chi connectivity index (χ1n) is 7.15. The van der Waals surface area contributed by atoms with E-state index in [4.69, 9.17) is 0 Å². The molecule has 0 N–H and O–H groups in total. The van der Waals surface area contributed by atoms with Crippen LogP contribution in [-0.2, 0) is 9.13 Å². The summed E-state index contributed by atoms with van der Waals surface area (Å²) in [6.45, 7) is 6.92. The van der Waals surface area contributed by atoms with Gasteiger partial charge in [0.15, 0.2) is 14.6 Å². The molecule has 0 saturated heterocycles. The molecule has 0 aromatic rings. The Kier molecular flexibility index (Phi) is 4.60. The highest BCUT2D eigenvalue weighted by atomic mass is 31.2. The largest absolute Gasteiger partial charge is 0.305 e. The number of rotatable bonds is 5. The van der Waals surface area contributed by atoms with Crippen molar-refractivity contribution in [1.29, 1.82) is 0 Å². The summed E-state index contributed by atoms with van der Waals surface area (Å²) in [6.07, 6.45) is 8.68. The number of unbranched alkanes of at least 4 members (excludes halogenated alkanes) is 1. The Morgan fingerprint density at radius 2 is 1.53 bits per heavy atom. The fraction of sp³-hybridized carbons (Fsp3) is 0.714. The van der Waals surface area contributed by atoms with Crippen LogP contribution in [0.4, 0.5) is 0 Å². The minimum atomic E-state index is -2.46. The van der Waals surface area contributed by atoms with Crippen LogP contribution in [0.1, 0.15) is 33.6 Å². The summed E-state index contributed by atoms with van der Waals surface area (Å²) < 4.78 is 28.4. The monoisotopic (exact) mass is 301 g/mol. The highest BCUT2D eigenvalue weighted by Gasteiger charge is 2.44. The second-order valence-corrected chi connectivity index (χ2v) is 12.0. The maximum absolute atomic E-state index is 13.2. The van der Waals surface area contributed by atoms with Gasteiger partial charge in [-0.25, -0.2) is 0 Å². The first-order valence-corrected chi connectivity index (χ1v) is 11.2. The number of hydrogen-bond acceptors (Lipinski definition) is 2. The van der Waals surface area contributed by atoms with Crippen molar-refractivity contribution in [2.24, 2.45) is 0 Å². The van der Waals surface area contributed by atoms with Gasteiger partial charge in [-0.2, -0.15) is 4.44 Å². The van der Waals surface area contributed by atoms with E-state index in [1.165, 1.54) is 11.1 Å². The van der Waals surface area contributed by atoms with Crippen LogP contribution in [0.5, 0.6) is 0 Å². The van der Waals surface area contributed by atoms with E-state index in [1.54, 1.807) is 0 Å². The van der Waals surface area contributed by atoms with Crippen molar-refractivity contribution in [2.75, 3.05) is 31.2 Å². The molecule has 2 unspecified atom stereocenters. The van der Waals surface area contributed by atoms with Gasteiger partial charge in [-0.3, -0.25) is 0 Å². The van der Waals surface area contributed by atoms with E-state index in [0.717, 1.165) is 19.4 Å². The molecule has 3 nitrogen and oxygen atoms in total. The first-order chi connectivity index (χ1) is 8.89. The van der Waals surface area contributed by atoms with Gasteiger partial charge in [0.05, 0.1) is 0 Å². The minimum Gasteiger partial charge on any atom is -0.305 e. The van der Waals surface area contributed by atoms with Crippen molar-refractivity contribution in [3.63, 3.8) is 0 Å². The van der Waals surface area contributed by atoms with Crippen molar-refractivity contribution in [1.82, 2.24) is 4.44 Å². The van der Waals surface area contributed by atoms with Gasteiger partial charge in [-0.1, -0.05) is 36.6 Å². The molecule has 2 rings (SSSR count). The zero-order chi connectivity index (χ0) is 14.1. The van der Waals surface area contributed by atoms with E-state index in [0.29, 0.717) is 24.6 Å². The van der Waals surface area contributed by atoms with E-state index < -0.39 is 14.6 Å². The van der Waals surface area contributed by atoms with Gasteiger partial charge in [0.1, 0.15) is 0 Å². The van der Waals surface area contributed by atoms with Crippen LogP contribution in [0.3, 0.4) is 0 Å². The molecule has 0 radical (unpaired) electrons.